The Morgan fingerprint density at radius 2 is 2.15 bits per heavy atom. The van der Waals surface area contributed by atoms with Crippen LogP contribution in [0.1, 0.15) is 36.7 Å². The number of nitrogens with one attached hydrogen (secondary N) is 1. The Hall–Kier alpha value is -0.500. The Morgan fingerprint density at radius 1 is 1.46 bits per heavy atom. The van der Waals surface area contributed by atoms with Crippen LogP contribution in [0.2, 0.25) is 0 Å². The van der Waals surface area contributed by atoms with Crippen LogP contribution < -0.4 is 0 Å². The largest absolute Gasteiger partial charge is 0.282 e. The summed E-state index contributed by atoms with van der Waals surface area (Å²) in [5.41, 5.74) is 4.72. The number of aromatic amines is 1. The van der Waals surface area contributed by atoms with E-state index in [1.807, 2.05) is 0 Å². The van der Waals surface area contributed by atoms with Crippen molar-refractivity contribution < 1.29 is 0 Å². The number of fused-ring (bicyclic) bond motifs is 3. The number of aromatic nitrogens is 2. The normalized spacial score (nSPS) is 31.9. The maximum absolute atomic E-state index is 4.32. The third kappa shape index (κ3) is 0.872. The molecular weight excluding hydrogens is 184 g/mol. The molecule has 0 amide bonds. The fraction of sp³-hybridized carbons (Fsp3) is 0.700. The van der Waals surface area contributed by atoms with E-state index < -0.39 is 0 Å². The van der Waals surface area contributed by atoms with Gasteiger partial charge in [-0.15, -0.1) is 12.4 Å². The van der Waals surface area contributed by atoms with Gasteiger partial charge in [0.1, 0.15) is 0 Å². The molecule has 2 nitrogen and oxygen atoms in total. The van der Waals surface area contributed by atoms with Crippen LogP contribution in [-0.2, 0) is 6.42 Å². The number of rotatable bonds is 0. The molecular formula is C10H15ClN2. The Bertz CT molecular complexity index is 354. The minimum atomic E-state index is 0. The van der Waals surface area contributed by atoms with Crippen LogP contribution >= 0.6 is 12.4 Å². The number of halogens is 1. The summed E-state index contributed by atoms with van der Waals surface area (Å²) >= 11 is 0. The van der Waals surface area contributed by atoms with Crippen molar-refractivity contribution in [3.63, 3.8) is 0 Å². The van der Waals surface area contributed by atoms with Crippen molar-refractivity contribution >= 4 is 12.4 Å². The predicted octanol–water partition coefficient (Wildman–Crippen LogP) is 2.44. The highest BCUT2D eigenvalue weighted by Crippen LogP contribution is 2.70. The van der Waals surface area contributed by atoms with Crippen LogP contribution in [0.3, 0.4) is 0 Å². The Kier molecular flexibility index (Phi) is 1.60. The van der Waals surface area contributed by atoms with Crippen LogP contribution in [-0.4, -0.2) is 10.2 Å². The summed E-state index contributed by atoms with van der Waals surface area (Å²) in [6, 6.07) is 0. The van der Waals surface area contributed by atoms with Gasteiger partial charge in [-0.25, -0.2) is 0 Å². The smallest absolute Gasteiger partial charge is 0.0663 e. The number of aryl methyl sites for hydroxylation is 1. The molecule has 1 saturated carbocycles. The molecule has 2 aliphatic carbocycles. The summed E-state index contributed by atoms with van der Waals surface area (Å²) in [6.45, 7) is 6.89. The van der Waals surface area contributed by atoms with Crippen LogP contribution in [0.25, 0.3) is 0 Å². The average Bonchev–Trinajstić information content (AvgIpc) is 2.41. The molecule has 1 heterocycles. The molecule has 2 aliphatic rings. The van der Waals surface area contributed by atoms with Crippen molar-refractivity contribution in [2.45, 2.75) is 33.1 Å². The molecule has 13 heavy (non-hydrogen) atoms. The van der Waals surface area contributed by atoms with E-state index in [1.54, 1.807) is 0 Å². The van der Waals surface area contributed by atoms with Gasteiger partial charge in [-0.3, -0.25) is 5.10 Å². The van der Waals surface area contributed by atoms with E-state index in [0.717, 1.165) is 11.8 Å². The lowest BCUT2D eigenvalue weighted by atomic mass is 9.98. The van der Waals surface area contributed by atoms with Gasteiger partial charge in [0.25, 0.3) is 0 Å². The highest BCUT2D eigenvalue weighted by atomic mass is 35.5. The zero-order valence-electron chi connectivity index (χ0n) is 8.22. The molecule has 0 aromatic carbocycles. The lowest BCUT2D eigenvalue weighted by Gasteiger charge is -2.06. The van der Waals surface area contributed by atoms with Crippen LogP contribution in [0.15, 0.2) is 0 Å². The summed E-state index contributed by atoms with van der Waals surface area (Å²) in [7, 11) is 0. The van der Waals surface area contributed by atoms with E-state index >= 15 is 0 Å². The second-order valence-corrected chi connectivity index (χ2v) is 4.82. The Balaban J connectivity index is 0.000000653. The molecule has 72 valence electrons. The van der Waals surface area contributed by atoms with Gasteiger partial charge < -0.3 is 0 Å². The fourth-order valence-electron chi connectivity index (χ4n) is 2.96. The number of nitrogens with zero attached hydrogens (tertiary/aromatic N) is 1. The van der Waals surface area contributed by atoms with Crippen molar-refractivity contribution in [3.8, 4) is 0 Å². The van der Waals surface area contributed by atoms with Crippen molar-refractivity contribution in [3.05, 3.63) is 17.0 Å². The van der Waals surface area contributed by atoms with Gasteiger partial charge in [0.2, 0.25) is 0 Å². The third-order valence-electron chi connectivity index (χ3n) is 3.85. The van der Waals surface area contributed by atoms with Gasteiger partial charge in [0.15, 0.2) is 0 Å². The second kappa shape index (κ2) is 2.30. The molecule has 3 heteroatoms. The number of hydrogen-bond donors (Lipinski definition) is 1. The number of hydrogen-bond acceptors (Lipinski definition) is 1. The lowest BCUT2D eigenvalue weighted by molar-refractivity contribution is 0.537. The van der Waals surface area contributed by atoms with Gasteiger partial charge in [0, 0.05) is 5.69 Å². The van der Waals surface area contributed by atoms with Gasteiger partial charge in [-0.2, -0.15) is 5.10 Å². The van der Waals surface area contributed by atoms with Gasteiger partial charge in [-0.05, 0) is 36.2 Å². The molecule has 1 N–H and O–H groups in total. The Morgan fingerprint density at radius 3 is 2.85 bits per heavy atom. The molecule has 0 aliphatic heterocycles. The van der Waals surface area contributed by atoms with E-state index in [0.29, 0.717) is 5.41 Å². The average molecular weight is 199 g/mol. The maximum atomic E-state index is 4.32. The predicted molar refractivity (Wildman–Crippen MR) is 54.3 cm³/mol. The summed E-state index contributed by atoms with van der Waals surface area (Å²) in [6.07, 6.45) is 1.21. The zero-order valence-corrected chi connectivity index (χ0v) is 9.03. The first-order valence-electron chi connectivity index (χ1n) is 4.66. The molecule has 1 aromatic rings. The molecule has 0 bridgehead atoms. The first kappa shape index (κ1) is 9.07. The quantitative estimate of drug-likeness (QED) is 0.682. The topological polar surface area (TPSA) is 28.7 Å². The van der Waals surface area contributed by atoms with E-state index in [2.05, 4.69) is 31.0 Å². The lowest BCUT2D eigenvalue weighted by Crippen LogP contribution is -1.99. The maximum Gasteiger partial charge on any atom is 0.0663 e. The van der Waals surface area contributed by atoms with Crippen LogP contribution in [0.4, 0.5) is 0 Å². The summed E-state index contributed by atoms with van der Waals surface area (Å²) in [5, 5.41) is 7.40. The molecule has 2 atom stereocenters. The zero-order chi connectivity index (χ0) is 8.51. The fourth-order valence-corrected chi connectivity index (χ4v) is 2.96. The van der Waals surface area contributed by atoms with Crippen molar-refractivity contribution in [2.75, 3.05) is 0 Å². The van der Waals surface area contributed by atoms with Gasteiger partial charge >= 0.3 is 0 Å². The number of H-pyrrole nitrogens is 1. The van der Waals surface area contributed by atoms with Crippen molar-refractivity contribution in [1.29, 1.82) is 0 Å². The van der Waals surface area contributed by atoms with E-state index in [-0.39, 0.29) is 12.4 Å². The first-order valence-corrected chi connectivity index (χ1v) is 4.66. The molecule has 0 unspecified atom stereocenters. The molecule has 1 fully saturated rings. The summed E-state index contributed by atoms with van der Waals surface area (Å²) < 4.78 is 0. The summed E-state index contributed by atoms with van der Waals surface area (Å²) in [5.74, 6) is 1.70. The highest BCUT2D eigenvalue weighted by molar-refractivity contribution is 5.85. The Labute approximate surface area is 84.5 Å². The van der Waals surface area contributed by atoms with Gasteiger partial charge in [-0.1, -0.05) is 13.8 Å². The van der Waals surface area contributed by atoms with E-state index in [4.69, 9.17) is 0 Å². The summed E-state index contributed by atoms with van der Waals surface area (Å²) in [4.78, 5) is 0. The van der Waals surface area contributed by atoms with E-state index in [9.17, 15) is 0 Å². The second-order valence-electron chi connectivity index (χ2n) is 4.82. The molecule has 0 saturated heterocycles. The van der Waals surface area contributed by atoms with Crippen molar-refractivity contribution in [1.82, 2.24) is 10.2 Å². The third-order valence-corrected chi connectivity index (χ3v) is 3.85. The van der Waals surface area contributed by atoms with Crippen molar-refractivity contribution in [2.24, 2.45) is 11.3 Å². The highest BCUT2D eigenvalue weighted by Gasteiger charge is 2.63. The molecule has 0 spiro atoms. The van der Waals surface area contributed by atoms with Crippen LogP contribution in [0.5, 0.6) is 0 Å². The molecule has 3 rings (SSSR count). The minimum absolute atomic E-state index is 0. The standard InChI is InChI=1S/C10H14N2.ClH/c1-5-8-7(12-11-5)4-6-9(8)10(6,2)3;/h6,9H,4H2,1-3H3,(H,11,12);1H/t6-,9-;/m1./s1. The van der Waals surface area contributed by atoms with Crippen LogP contribution in [0, 0.1) is 18.3 Å². The minimum Gasteiger partial charge on any atom is -0.282 e. The molecule has 1 aromatic heterocycles. The SMILES string of the molecule is Cc1[nH]nc2c1[C@H]1[C@@H](C2)C1(C)C.Cl. The van der Waals surface area contributed by atoms with E-state index in [1.165, 1.54) is 23.4 Å². The van der Waals surface area contributed by atoms with Gasteiger partial charge in [0.05, 0.1) is 5.69 Å². The monoisotopic (exact) mass is 198 g/mol. The first-order chi connectivity index (χ1) is 5.62. The molecule has 0 radical (unpaired) electrons.